The van der Waals surface area contributed by atoms with Crippen LogP contribution in [0.2, 0.25) is 5.02 Å². The molecule has 0 fully saturated rings. The number of rotatable bonds is 7. The third kappa shape index (κ3) is 5.01. The summed E-state index contributed by atoms with van der Waals surface area (Å²) >= 11 is 5.98. The number of nitrogens with zero attached hydrogens (tertiary/aromatic N) is 1. The van der Waals surface area contributed by atoms with Crippen LogP contribution < -0.4 is 5.32 Å². The lowest BCUT2D eigenvalue weighted by Gasteiger charge is -2.19. The van der Waals surface area contributed by atoms with Gasteiger partial charge in [0.1, 0.15) is 0 Å². The molecule has 0 aromatic heterocycles. The molecule has 1 N–H and O–H groups in total. The molecule has 0 aliphatic rings. The average molecular weight is 443 g/mol. The number of hydrogen-bond acceptors (Lipinski definition) is 2. The van der Waals surface area contributed by atoms with Crippen molar-refractivity contribution < 1.29 is 4.79 Å². The molecule has 0 aliphatic carbocycles. The van der Waals surface area contributed by atoms with Crippen LogP contribution in [0.15, 0.2) is 84.9 Å². The number of halogens is 1. The summed E-state index contributed by atoms with van der Waals surface area (Å²) in [6, 6.07) is 28.3. The first-order valence-electron chi connectivity index (χ1n) is 10.9. The van der Waals surface area contributed by atoms with Gasteiger partial charge in [0.25, 0.3) is 5.91 Å². The number of amides is 1. The fraction of sp³-hybridized carbons (Fsp3) is 0.179. The summed E-state index contributed by atoms with van der Waals surface area (Å²) in [5.41, 5.74) is 5.22. The van der Waals surface area contributed by atoms with E-state index in [1.54, 1.807) is 4.90 Å². The highest BCUT2D eigenvalue weighted by atomic mass is 35.5. The maximum atomic E-state index is 13.1. The largest absolute Gasteiger partial charge is 0.337 e. The Balaban J connectivity index is 1.49. The molecule has 162 valence electrons. The number of hydrogen-bond donors (Lipinski definition) is 1. The monoisotopic (exact) mass is 442 g/mol. The summed E-state index contributed by atoms with van der Waals surface area (Å²) < 4.78 is 0. The van der Waals surface area contributed by atoms with Crippen LogP contribution >= 0.6 is 11.6 Å². The van der Waals surface area contributed by atoms with Crippen molar-refractivity contribution in [1.82, 2.24) is 10.2 Å². The molecule has 0 radical (unpaired) electrons. The van der Waals surface area contributed by atoms with Gasteiger partial charge in [0.2, 0.25) is 0 Å². The van der Waals surface area contributed by atoms with Gasteiger partial charge in [-0.3, -0.25) is 4.79 Å². The van der Waals surface area contributed by atoms with Crippen molar-refractivity contribution in [3.05, 3.63) is 107 Å². The first-order chi connectivity index (χ1) is 15.5. The number of carbonyl (C=O) groups excluding carboxylic acids is 1. The van der Waals surface area contributed by atoms with Gasteiger partial charge in [-0.1, -0.05) is 73.1 Å². The first-order valence-corrected chi connectivity index (χ1v) is 11.3. The molecule has 0 saturated carbocycles. The van der Waals surface area contributed by atoms with Crippen molar-refractivity contribution >= 4 is 28.3 Å². The third-order valence-corrected chi connectivity index (χ3v) is 5.93. The predicted octanol–water partition coefficient (Wildman–Crippen LogP) is 6.54. The minimum Gasteiger partial charge on any atom is -0.337 e. The second-order valence-corrected chi connectivity index (χ2v) is 8.43. The Kier molecular flexibility index (Phi) is 6.89. The van der Waals surface area contributed by atoms with Crippen molar-refractivity contribution in [1.29, 1.82) is 0 Å². The third-order valence-electron chi connectivity index (χ3n) is 5.68. The molecule has 0 atom stereocenters. The Bertz CT molecular complexity index is 1220. The molecule has 0 spiro atoms. The van der Waals surface area contributed by atoms with Crippen LogP contribution in [0.3, 0.4) is 0 Å². The molecule has 3 nitrogen and oxygen atoms in total. The van der Waals surface area contributed by atoms with Gasteiger partial charge in [0.05, 0.1) is 0 Å². The normalized spacial score (nSPS) is 11.0. The van der Waals surface area contributed by atoms with Gasteiger partial charge in [-0.25, -0.2) is 0 Å². The smallest absolute Gasteiger partial charge is 0.253 e. The summed E-state index contributed by atoms with van der Waals surface area (Å²) in [5.74, 6) is 0.00780. The van der Waals surface area contributed by atoms with E-state index in [4.69, 9.17) is 11.6 Å². The second-order valence-electron chi connectivity index (χ2n) is 8.00. The van der Waals surface area contributed by atoms with Gasteiger partial charge in [-0.05, 0) is 69.9 Å². The zero-order valence-electron chi connectivity index (χ0n) is 18.4. The Morgan fingerprint density at radius 2 is 1.59 bits per heavy atom. The Morgan fingerprint density at radius 3 is 2.28 bits per heavy atom. The van der Waals surface area contributed by atoms with Crippen LogP contribution in [0, 0.1) is 0 Å². The molecule has 0 unspecified atom stereocenters. The SMILES string of the molecule is CCNCc1ccc2c(CN(C)C(=O)c3ccc(-c4ccc(Cl)cc4)cc3)cccc2c1. The molecule has 0 aliphatic heterocycles. The molecule has 4 aromatic carbocycles. The Morgan fingerprint density at radius 1 is 0.906 bits per heavy atom. The van der Waals surface area contributed by atoms with Crippen LogP contribution in [-0.2, 0) is 13.1 Å². The van der Waals surface area contributed by atoms with E-state index >= 15 is 0 Å². The quantitative estimate of drug-likeness (QED) is 0.352. The molecule has 1 amide bonds. The highest BCUT2D eigenvalue weighted by molar-refractivity contribution is 6.30. The maximum absolute atomic E-state index is 13.1. The van der Waals surface area contributed by atoms with Crippen molar-refractivity contribution in [2.75, 3.05) is 13.6 Å². The van der Waals surface area contributed by atoms with E-state index in [2.05, 4.69) is 48.6 Å². The van der Waals surface area contributed by atoms with E-state index in [1.165, 1.54) is 16.3 Å². The number of benzene rings is 4. The Labute approximate surface area is 194 Å². The van der Waals surface area contributed by atoms with Crippen LogP contribution in [0.1, 0.15) is 28.4 Å². The van der Waals surface area contributed by atoms with Gasteiger partial charge in [-0.15, -0.1) is 0 Å². The van der Waals surface area contributed by atoms with E-state index < -0.39 is 0 Å². The van der Waals surface area contributed by atoms with E-state index in [-0.39, 0.29) is 5.91 Å². The molecule has 32 heavy (non-hydrogen) atoms. The van der Waals surface area contributed by atoms with Gasteiger partial charge < -0.3 is 10.2 Å². The molecule has 0 bridgehead atoms. The van der Waals surface area contributed by atoms with Crippen LogP contribution in [0.25, 0.3) is 21.9 Å². The molecule has 0 saturated heterocycles. The van der Waals surface area contributed by atoms with E-state index in [9.17, 15) is 4.79 Å². The molecular formula is C28H27ClN2O. The summed E-state index contributed by atoms with van der Waals surface area (Å²) in [7, 11) is 1.85. The van der Waals surface area contributed by atoms with Crippen LogP contribution in [-0.4, -0.2) is 24.4 Å². The van der Waals surface area contributed by atoms with Crippen molar-refractivity contribution in [2.24, 2.45) is 0 Å². The highest BCUT2D eigenvalue weighted by Crippen LogP contribution is 2.24. The maximum Gasteiger partial charge on any atom is 0.253 e. The lowest BCUT2D eigenvalue weighted by molar-refractivity contribution is 0.0785. The first kappa shape index (κ1) is 22.1. The van der Waals surface area contributed by atoms with Crippen molar-refractivity contribution in [3.8, 4) is 11.1 Å². The lowest BCUT2D eigenvalue weighted by atomic mass is 10.0. The van der Waals surface area contributed by atoms with Crippen LogP contribution in [0.5, 0.6) is 0 Å². The zero-order valence-corrected chi connectivity index (χ0v) is 19.2. The van der Waals surface area contributed by atoms with Gasteiger partial charge in [0.15, 0.2) is 0 Å². The topological polar surface area (TPSA) is 32.3 Å². The second kappa shape index (κ2) is 9.99. The summed E-state index contributed by atoms with van der Waals surface area (Å²) in [5, 5.41) is 6.47. The fourth-order valence-electron chi connectivity index (χ4n) is 3.91. The number of fused-ring (bicyclic) bond motifs is 1. The van der Waals surface area contributed by atoms with E-state index in [0.717, 1.165) is 29.8 Å². The molecule has 4 heteroatoms. The minimum atomic E-state index is 0.00780. The fourth-order valence-corrected chi connectivity index (χ4v) is 4.04. The van der Waals surface area contributed by atoms with Crippen LogP contribution in [0.4, 0.5) is 0 Å². The predicted molar refractivity (Wildman–Crippen MR) is 134 cm³/mol. The average Bonchev–Trinajstić information content (AvgIpc) is 2.83. The Hall–Kier alpha value is -3.14. The van der Waals surface area contributed by atoms with E-state index in [1.807, 2.05) is 55.6 Å². The highest BCUT2D eigenvalue weighted by Gasteiger charge is 2.14. The summed E-state index contributed by atoms with van der Waals surface area (Å²) in [6.07, 6.45) is 0. The standard InChI is InChI=1S/C28H27ClN2O/c1-3-30-18-20-7-16-27-24(17-20)5-4-6-25(27)19-31(2)28(32)23-10-8-21(9-11-23)22-12-14-26(29)15-13-22/h4-17,30H,3,18-19H2,1-2H3. The molecular weight excluding hydrogens is 416 g/mol. The molecule has 0 heterocycles. The van der Waals surface area contributed by atoms with E-state index in [0.29, 0.717) is 17.1 Å². The zero-order chi connectivity index (χ0) is 22.5. The van der Waals surface area contributed by atoms with Crippen molar-refractivity contribution in [2.45, 2.75) is 20.0 Å². The number of carbonyl (C=O) groups is 1. The van der Waals surface area contributed by atoms with Gasteiger partial charge in [0, 0.05) is 30.7 Å². The van der Waals surface area contributed by atoms with Gasteiger partial charge in [-0.2, -0.15) is 0 Å². The van der Waals surface area contributed by atoms with Gasteiger partial charge >= 0.3 is 0 Å². The lowest BCUT2D eigenvalue weighted by Crippen LogP contribution is -2.26. The van der Waals surface area contributed by atoms with Crippen molar-refractivity contribution in [3.63, 3.8) is 0 Å². The summed E-state index contributed by atoms with van der Waals surface area (Å²) in [6.45, 7) is 4.48. The molecule has 4 rings (SSSR count). The molecule has 4 aromatic rings. The minimum absolute atomic E-state index is 0.00780. The number of nitrogens with one attached hydrogen (secondary N) is 1. The summed E-state index contributed by atoms with van der Waals surface area (Å²) in [4.78, 5) is 14.8.